The largest absolute Gasteiger partial charge is 0.310 e. The van der Waals surface area contributed by atoms with Gasteiger partial charge in [-0.2, -0.15) is 0 Å². The molecular weight excluding hydrogens is 258 g/mol. The molecule has 0 aromatic carbocycles. The topological polar surface area (TPSA) is 12.0 Å². The van der Waals surface area contributed by atoms with E-state index in [2.05, 4.69) is 46.2 Å². The van der Waals surface area contributed by atoms with E-state index in [1.807, 2.05) is 6.08 Å². The monoisotopic (exact) mass is 273 g/mol. The van der Waals surface area contributed by atoms with Crippen molar-refractivity contribution in [3.05, 3.63) is 33.5 Å². The highest BCUT2D eigenvalue weighted by atomic mass is 79.9. The maximum Gasteiger partial charge on any atom is 0.0701 e. The Morgan fingerprint density at radius 3 is 3.00 bits per heavy atom. The average molecular weight is 274 g/mol. The van der Waals surface area contributed by atoms with Gasteiger partial charge in [-0.15, -0.1) is 17.9 Å². The Kier molecular flexibility index (Phi) is 5.45. The predicted octanol–water partition coefficient (Wildman–Crippen LogP) is 4.13. The van der Waals surface area contributed by atoms with Gasteiger partial charge in [0.1, 0.15) is 0 Å². The van der Waals surface area contributed by atoms with Gasteiger partial charge >= 0.3 is 0 Å². The molecule has 0 fully saturated rings. The summed E-state index contributed by atoms with van der Waals surface area (Å²) in [4.78, 5) is 0. The normalized spacial score (nSPS) is 12.7. The van der Waals surface area contributed by atoms with Crippen LogP contribution in [0.1, 0.15) is 31.4 Å². The molecule has 0 radical (unpaired) electrons. The Labute approximate surface area is 98.4 Å². The lowest BCUT2D eigenvalue weighted by Gasteiger charge is -2.15. The molecule has 78 valence electrons. The van der Waals surface area contributed by atoms with Crippen LogP contribution >= 0.6 is 27.3 Å². The third-order valence-electron chi connectivity index (χ3n) is 2.10. The Hall–Kier alpha value is -0.120. The molecule has 0 bridgehead atoms. The van der Waals surface area contributed by atoms with Gasteiger partial charge in [-0.25, -0.2) is 0 Å². The maximum atomic E-state index is 3.76. The fourth-order valence-electron chi connectivity index (χ4n) is 1.42. The molecule has 0 aliphatic rings. The summed E-state index contributed by atoms with van der Waals surface area (Å²) in [5.41, 5.74) is 1.38. The van der Waals surface area contributed by atoms with E-state index in [0.717, 1.165) is 19.4 Å². The van der Waals surface area contributed by atoms with Crippen LogP contribution in [0.4, 0.5) is 0 Å². The SMILES string of the molecule is C=CCCC(NCC)c1csc(Br)c1. The van der Waals surface area contributed by atoms with Crippen molar-refractivity contribution in [1.82, 2.24) is 5.32 Å². The van der Waals surface area contributed by atoms with Gasteiger partial charge in [-0.3, -0.25) is 0 Å². The minimum absolute atomic E-state index is 0.473. The maximum absolute atomic E-state index is 3.76. The summed E-state index contributed by atoms with van der Waals surface area (Å²) >= 11 is 5.23. The van der Waals surface area contributed by atoms with Gasteiger partial charge in [-0.1, -0.05) is 13.0 Å². The Balaban J connectivity index is 2.61. The van der Waals surface area contributed by atoms with Crippen LogP contribution in [0.5, 0.6) is 0 Å². The summed E-state index contributed by atoms with van der Waals surface area (Å²) in [6, 6.07) is 2.67. The molecule has 1 heterocycles. The fraction of sp³-hybridized carbons (Fsp3) is 0.455. The number of thiophene rings is 1. The average Bonchev–Trinajstić information content (AvgIpc) is 2.59. The number of hydrogen-bond acceptors (Lipinski definition) is 2. The molecule has 1 unspecified atom stereocenters. The van der Waals surface area contributed by atoms with Gasteiger partial charge in [0.15, 0.2) is 0 Å². The highest BCUT2D eigenvalue weighted by molar-refractivity contribution is 9.11. The third-order valence-corrected chi connectivity index (χ3v) is 3.62. The molecule has 1 N–H and O–H groups in total. The molecule has 1 atom stereocenters. The van der Waals surface area contributed by atoms with Gasteiger partial charge in [0.05, 0.1) is 3.79 Å². The van der Waals surface area contributed by atoms with E-state index in [0.29, 0.717) is 6.04 Å². The van der Waals surface area contributed by atoms with Crippen LogP contribution in [-0.4, -0.2) is 6.54 Å². The predicted molar refractivity (Wildman–Crippen MR) is 67.9 cm³/mol. The van der Waals surface area contributed by atoms with Gasteiger partial charge < -0.3 is 5.32 Å². The summed E-state index contributed by atoms with van der Waals surface area (Å²) in [5.74, 6) is 0. The molecule has 1 aromatic heterocycles. The van der Waals surface area contributed by atoms with E-state index < -0.39 is 0 Å². The van der Waals surface area contributed by atoms with Crippen LogP contribution in [0.2, 0.25) is 0 Å². The summed E-state index contributed by atoms with van der Waals surface area (Å²) in [7, 11) is 0. The lowest BCUT2D eigenvalue weighted by atomic mass is 10.1. The molecule has 0 spiro atoms. The van der Waals surface area contributed by atoms with Crippen LogP contribution < -0.4 is 5.32 Å². The van der Waals surface area contributed by atoms with Crippen LogP contribution in [0.15, 0.2) is 27.9 Å². The first kappa shape index (κ1) is 12.0. The molecule has 1 rings (SSSR count). The van der Waals surface area contributed by atoms with E-state index in [-0.39, 0.29) is 0 Å². The molecule has 14 heavy (non-hydrogen) atoms. The molecule has 0 amide bonds. The highest BCUT2D eigenvalue weighted by Crippen LogP contribution is 2.27. The van der Waals surface area contributed by atoms with Crippen LogP contribution in [0.25, 0.3) is 0 Å². The molecule has 0 saturated heterocycles. The molecular formula is C11H16BrNS. The molecule has 0 aliphatic carbocycles. The van der Waals surface area contributed by atoms with Crippen molar-refractivity contribution in [1.29, 1.82) is 0 Å². The zero-order valence-corrected chi connectivity index (χ0v) is 10.8. The van der Waals surface area contributed by atoms with Crippen molar-refractivity contribution < 1.29 is 0 Å². The number of hydrogen-bond donors (Lipinski definition) is 1. The van der Waals surface area contributed by atoms with Crippen molar-refractivity contribution in [2.75, 3.05) is 6.54 Å². The number of allylic oxidation sites excluding steroid dienone is 1. The van der Waals surface area contributed by atoms with E-state index in [4.69, 9.17) is 0 Å². The van der Waals surface area contributed by atoms with Crippen LogP contribution in [-0.2, 0) is 0 Å². The molecule has 3 heteroatoms. The molecule has 0 aliphatic heterocycles. The summed E-state index contributed by atoms with van der Waals surface area (Å²) in [6.45, 7) is 6.91. The van der Waals surface area contributed by atoms with E-state index in [1.165, 1.54) is 9.35 Å². The van der Waals surface area contributed by atoms with Crippen LogP contribution in [0.3, 0.4) is 0 Å². The summed E-state index contributed by atoms with van der Waals surface area (Å²) in [6.07, 6.45) is 4.16. The zero-order valence-electron chi connectivity index (χ0n) is 8.42. The Morgan fingerprint density at radius 2 is 2.50 bits per heavy atom. The smallest absolute Gasteiger partial charge is 0.0701 e. The summed E-state index contributed by atoms with van der Waals surface area (Å²) in [5, 5.41) is 5.69. The minimum atomic E-state index is 0.473. The van der Waals surface area contributed by atoms with Gasteiger partial charge in [0.2, 0.25) is 0 Å². The van der Waals surface area contributed by atoms with Crippen molar-refractivity contribution >= 4 is 27.3 Å². The quantitative estimate of drug-likeness (QED) is 0.769. The van der Waals surface area contributed by atoms with Crippen molar-refractivity contribution in [3.8, 4) is 0 Å². The second-order valence-corrected chi connectivity index (χ2v) is 5.45. The standard InChI is InChI=1S/C11H16BrNS/c1-3-5-6-10(13-4-2)9-7-11(12)14-8-9/h3,7-8,10,13H,1,4-6H2,2H3. The van der Waals surface area contributed by atoms with E-state index in [1.54, 1.807) is 11.3 Å². The Bertz CT molecular complexity index is 283. The first-order chi connectivity index (χ1) is 6.77. The van der Waals surface area contributed by atoms with E-state index >= 15 is 0 Å². The number of nitrogens with one attached hydrogen (secondary N) is 1. The zero-order chi connectivity index (χ0) is 10.4. The van der Waals surface area contributed by atoms with E-state index in [9.17, 15) is 0 Å². The lowest BCUT2D eigenvalue weighted by molar-refractivity contribution is 0.521. The van der Waals surface area contributed by atoms with Crippen molar-refractivity contribution in [2.24, 2.45) is 0 Å². The minimum Gasteiger partial charge on any atom is -0.310 e. The fourth-order valence-corrected chi connectivity index (χ4v) is 2.65. The summed E-state index contributed by atoms with van der Waals surface area (Å²) < 4.78 is 1.20. The second kappa shape index (κ2) is 6.38. The van der Waals surface area contributed by atoms with Gasteiger partial charge in [0.25, 0.3) is 0 Å². The molecule has 0 saturated carbocycles. The molecule has 1 nitrogen and oxygen atoms in total. The third kappa shape index (κ3) is 3.56. The lowest BCUT2D eigenvalue weighted by Crippen LogP contribution is -2.20. The van der Waals surface area contributed by atoms with Gasteiger partial charge in [-0.05, 0) is 52.3 Å². The first-order valence-corrected chi connectivity index (χ1v) is 6.53. The van der Waals surface area contributed by atoms with Crippen LogP contribution in [0, 0.1) is 0 Å². The number of halogens is 1. The Morgan fingerprint density at radius 1 is 1.71 bits per heavy atom. The van der Waals surface area contributed by atoms with Crippen molar-refractivity contribution in [3.63, 3.8) is 0 Å². The molecule has 1 aromatic rings. The van der Waals surface area contributed by atoms with Gasteiger partial charge in [0, 0.05) is 6.04 Å². The second-order valence-electron chi connectivity index (χ2n) is 3.16. The number of rotatable bonds is 6. The van der Waals surface area contributed by atoms with Crippen molar-refractivity contribution in [2.45, 2.75) is 25.8 Å². The first-order valence-electron chi connectivity index (χ1n) is 4.86. The highest BCUT2D eigenvalue weighted by Gasteiger charge is 2.10.